The van der Waals surface area contributed by atoms with Crippen LogP contribution in [-0.2, 0) is 6.54 Å². The Bertz CT molecular complexity index is 307. The first-order valence-corrected chi connectivity index (χ1v) is 5.46. The topological polar surface area (TPSA) is 50.1 Å². The molecule has 86 valence electrons. The van der Waals surface area contributed by atoms with Crippen LogP contribution in [0.4, 0.5) is 5.82 Å². The Balaban J connectivity index is 2.74. The van der Waals surface area contributed by atoms with Crippen molar-refractivity contribution in [3.05, 3.63) is 11.8 Å². The van der Waals surface area contributed by atoms with Crippen molar-refractivity contribution in [1.29, 1.82) is 0 Å². The smallest absolute Gasteiger partial charge is 0.124 e. The van der Waals surface area contributed by atoms with Crippen LogP contribution >= 0.6 is 0 Å². The van der Waals surface area contributed by atoms with Gasteiger partial charge in [0.15, 0.2) is 0 Å². The Morgan fingerprint density at radius 1 is 1.47 bits per heavy atom. The highest BCUT2D eigenvalue weighted by Gasteiger charge is 2.10. The molecule has 0 bridgehead atoms. The molecule has 1 rings (SSSR count). The number of aliphatic hydroxyl groups excluding tert-OH is 1. The third-order valence-electron chi connectivity index (χ3n) is 2.59. The van der Waals surface area contributed by atoms with Crippen LogP contribution < -0.4 is 5.32 Å². The molecule has 0 amide bonds. The summed E-state index contributed by atoms with van der Waals surface area (Å²) in [7, 11) is 0. The van der Waals surface area contributed by atoms with Gasteiger partial charge < -0.3 is 10.4 Å². The number of hydrogen-bond donors (Lipinski definition) is 2. The van der Waals surface area contributed by atoms with Gasteiger partial charge in [-0.25, -0.2) is 4.68 Å². The monoisotopic (exact) mass is 211 g/mol. The standard InChI is InChI=1S/C11H21N3O/c1-8(2)10(4)12-11-7-9(3)13-14(11)5-6-15/h7-8,10,12,15H,5-6H2,1-4H3. The quantitative estimate of drug-likeness (QED) is 0.778. The van der Waals surface area contributed by atoms with Crippen LogP contribution in [0.25, 0.3) is 0 Å². The largest absolute Gasteiger partial charge is 0.394 e. The summed E-state index contributed by atoms with van der Waals surface area (Å²) < 4.78 is 1.81. The normalized spacial score (nSPS) is 13.2. The van der Waals surface area contributed by atoms with E-state index in [0.29, 0.717) is 18.5 Å². The molecule has 0 aliphatic heterocycles. The average Bonchev–Trinajstić information content (AvgIpc) is 2.47. The van der Waals surface area contributed by atoms with Crippen molar-refractivity contribution >= 4 is 5.82 Å². The maximum Gasteiger partial charge on any atom is 0.124 e. The van der Waals surface area contributed by atoms with Crippen LogP contribution in [0.2, 0.25) is 0 Å². The Morgan fingerprint density at radius 3 is 2.67 bits per heavy atom. The molecule has 1 atom stereocenters. The third-order valence-corrected chi connectivity index (χ3v) is 2.59. The number of anilines is 1. The summed E-state index contributed by atoms with van der Waals surface area (Å²) in [5.74, 6) is 1.56. The van der Waals surface area contributed by atoms with Gasteiger partial charge in [0.1, 0.15) is 5.82 Å². The molecule has 2 N–H and O–H groups in total. The van der Waals surface area contributed by atoms with Crippen molar-refractivity contribution in [2.45, 2.75) is 40.3 Å². The molecule has 4 heteroatoms. The molecule has 1 aromatic heterocycles. The lowest BCUT2D eigenvalue weighted by Gasteiger charge is -2.19. The van der Waals surface area contributed by atoms with Crippen molar-refractivity contribution in [3.8, 4) is 0 Å². The molecule has 0 aliphatic rings. The Labute approximate surface area is 91.3 Å². The van der Waals surface area contributed by atoms with Gasteiger partial charge in [0.25, 0.3) is 0 Å². The van der Waals surface area contributed by atoms with Crippen LogP contribution in [-0.4, -0.2) is 27.5 Å². The Kier molecular flexibility index (Phi) is 4.15. The van der Waals surface area contributed by atoms with Crippen molar-refractivity contribution in [2.24, 2.45) is 5.92 Å². The minimum Gasteiger partial charge on any atom is -0.394 e. The Morgan fingerprint density at radius 2 is 2.13 bits per heavy atom. The van der Waals surface area contributed by atoms with Crippen molar-refractivity contribution < 1.29 is 5.11 Å². The van der Waals surface area contributed by atoms with E-state index in [-0.39, 0.29) is 6.61 Å². The summed E-state index contributed by atoms with van der Waals surface area (Å²) in [6.07, 6.45) is 0. The van der Waals surface area contributed by atoms with E-state index >= 15 is 0 Å². The third kappa shape index (κ3) is 3.23. The molecule has 0 saturated carbocycles. The highest BCUT2D eigenvalue weighted by molar-refractivity contribution is 5.37. The second kappa shape index (κ2) is 5.16. The number of rotatable bonds is 5. The number of aromatic nitrogens is 2. The van der Waals surface area contributed by atoms with Gasteiger partial charge in [-0.15, -0.1) is 0 Å². The van der Waals surface area contributed by atoms with E-state index < -0.39 is 0 Å². The maximum absolute atomic E-state index is 8.91. The second-order valence-corrected chi connectivity index (χ2v) is 4.29. The average molecular weight is 211 g/mol. The molecule has 0 radical (unpaired) electrons. The van der Waals surface area contributed by atoms with Crippen LogP contribution in [0.3, 0.4) is 0 Å². The van der Waals surface area contributed by atoms with Crippen molar-refractivity contribution in [2.75, 3.05) is 11.9 Å². The van der Waals surface area contributed by atoms with E-state index in [9.17, 15) is 0 Å². The molecular formula is C11H21N3O. The summed E-state index contributed by atoms with van der Waals surface area (Å²) >= 11 is 0. The Hall–Kier alpha value is -1.03. The summed E-state index contributed by atoms with van der Waals surface area (Å²) in [6, 6.07) is 2.41. The first kappa shape index (κ1) is 12.0. The highest BCUT2D eigenvalue weighted by atomic mass is 16.3. The predicted octanol–water partition coefficient (Wildman–Crippen LogP) is 1.64. The zero-order valence-electron chi connectivity index (χ0n) is 9.99. The number of nitrogens with one attached hydrogen (secondary N) is 1. The van der Waals surface area contributed by atoms with Crippen molar-refractivity contribution in [3.63, 3.8) is 0 Å². The molecule has 0 aliphatic carbocycles. The zero-order chi connectivity index (χ0) is 11.4. The summed E-state index contributed by atoms with van der Waals surface area (Å²) in [4.78, 5) is 0. The van der Waals surface area contributed by atoms with E-state index in [1.54, 1.807) is 0 Å². The van der Waals surface area contributed by atoms with Gasteiger partial charge >= 0.3 is 0 Å². The summed E-state index contributed by atoms with van der Waals surface area (Å²) in [5, 5.41) is 16.6. The minimum absolute atomic E-state index is 0.117. The molecule has 0 saturated heterocycles. The molecule has 0 fully saturated rings. The minimum atomic E-state index is 0.117. The van der Waals surface area contributed by atoms with Gasteiger partial charge in [-0.1, -0.05) is 13.8 Å². The first-order chi connectivity index (χ1) is 7.04. The van der Waals surface area contributed by atoms with Crippen LogP contribution in [0, 0.1) is 12.8 Å². The first-order valence-electron chi connectivity index (χ1n) is 5.46. The van der Waals surface area contributed by atoms with E-state index in [1.165, 1.54) is 0 Å². The predicted molar refractivity (Wildman–Crippen MR) is 62.0 cm³/mol. The van der Waals surface area contributed by atoms with Crippen LogP contribution in [0.1, 0.15) is 26.5 Å². The molecule has 1 aromatic rings. The lowest BCUT2D eigenvalue weighted by atomic mass is 10.1. The molecule has 1 heterocycles. The lowest BCUT2D eigenvalue weighted by molar-refractivity contribution is 0.270. The zero-order valence-corrected chi connectivity index (χ0v) is 9.99. The fourth-order valence-corrected chi connectivity index (χ4v) is 1.33. The van der Waals surface area contributed by atoms with Gasteiger partial charge in [-0.2, -0.15) is 5.10 Å². The highest BCUT2D eigenvalue weighted by Crippen LogP contribution is 2.14. The molecular weight excluding hydrogens is 190 g/mol. The number of hydrogen-bond acceptors (Lipinski definition) is 3. The fraction of sp³-hybridized carbons (Fsp3) is 0.727. The summed E-state index contributed by atoms with van der Waals surface area (Å²) in [5.41, 5.74) is 0.974. The van der Waals surface area contributed by atoms with Gasteiger partial charge in [-0.3, -0.25) is 0 Å². The number of aliphatic hydroxyl groups is 1. The van der Waals surface area contributed by atoms with E-state index in [2.05, 4.69) is 31.2 Å². The molecule has 15 heavy (non-hydrogen) atoms. The lowest BCUT2D eigenvalue weighted by Crippen LogP contribution is -2.23. The molecule has 0 spiro atoms. The summed E-state index contributed by atoms with van der Waals surface area (Å²) in [6.45, 7) is 9.12. The van der Waals surface area contributed by atoms with Gasteiger partial charge in [0.05, 0.1) is 18.8 Å². The molecule has 4 nitrogen and oxygen atoms in total. The van der Waals surface area contributed by atoms with Gasteiger partial charge in [0.2, 0.25) is 0 Å². The fourth-order valence-electron chi connectivity index (χ4n) is 1.33. The molecule has 0 aromatic carbocycles. The van der Waals surface area contributed by atoms with Crippen LogP contribution in [0.5, 0.6) is 0 Å². The van der Waals surface area contributed by atoms with E-state index in [0.717, 1.165) is 11.5 Å². The number of aryl methyl sites for hydroxylation is 1. The molecule has 1 unspecified atom stereocenters. The van der Waals surface area contributed by atoms with Gasteiger partial charge in [0, 0.05) is 12.1 Å². The SMILES string of the molecule is Cc1cc(NC(C)C(C)C)n(CCO)n1. The van der Waals surface area contributed by atoms with E-state index in [4.69, 9.17) is 5.11 Å². The van der Waals surface area contributed by atoms with Crippen LogP contribution in [0.15, 0.2) is 6.07 Å². The number of nitrogens with zero attached hydrogens (tertiary/aromatic N) is 2. The van der Waals surface area contributed by atoms with Crippen molar-refractivity contribution in [1.82, 2.24) is 9.78 Å². The van der Waals surface area contributed by atoms with E-state index in [1.807, 2.05) is 17.7 Å². The van der Waals surface area contributed by atoms with Gasteiger partial charge in [-0.05, 0) is 19.8 Å². The maximum atomic E-state index is 8.91. The second-order valence-electron chi connectivity index (χ2n) is 4.29.